The van der Waals surface area contributed by atoms with E-state index in [0.717, 1.165) is 0 Å². The van der Waals surface area contributed by atoms with Crippen LogP contribution in [-0.2, 0) is 13.6 Å². The smallest absolute Gasteiger partial charge is 0.363 e. The molecule has 0 amide bonds. The number of nitrogens with zero attached hydrogens (tertiary/aromatic N) is 2. The number of benzene rings is 1. The Kier molecular flexibility index (Phi) is 6.05. The summed E-state index contributed by atoms with van der Waals surface area (Å²) in [5.74, 6) is 0. The summed E-state index contributed by atoms with van der Waals surface area (Å²) in [5.41, 5.74) is 8.25. The molecule has 0 aliphatic heterocycles. The van der Waals surface area contributed by atoms with Gasteiger partial charge in [0, 0.05) is 0 Å². The fourth-order valence-electron chi connectivity index (χ4n) is 2.05. The van der Waals surface area contributed by atoms with Crippen molar-refractivity contribution in [3.8, 4) is 12.1 Å². The van der Waals surface area contributed by atoms with Gasteiger partial charge in [0.2, 0.25) is 0 Å². The van der Waals surface area contributed by atoms with Crippen molar-refractivity contribution in [1.29, 1.82) is 10.5 Å². The first-order valence-corrected chi connectivity index (χ1v) is 8.06. The van der Waals surface area contributed by atoms with Crippen LogP contribution in [0.15, 0.2) is 0 Å². The average molecular weight is 344 g/mol. The lowest BCUT2D eigenvalue weighted by molar-refractivity contribution is 0.151. The number of anilines is 2. The van der Waals surface area contributed by atoms with Gasteiger partial charge in [-0.25, -0.2) is 8.78 Å². The minimum Gasteiger partial charge on any atom is -0.397 e. The van der Waals surface area contributed by atoms with E-state index in [0.29, 0.717) is 0 Å². The molecule has 0 aliphatic carbocycles. The van der Waals surface area contributed by atoms with E-state index in [2.05, 4.69) is 0 Å². The van der Waals surface area contributed by atoms with E-state index in [1.807, 2.05) is 0 Å². The molecule has 4 N–H and O–H groups in total. The highest BCUT2D eigenvalue weighted by Crippen LogP contribution is 2.52. The normalized spacial score (nSPS) is 11.3. The van der Waals surface area contributed by atoms with Crippen molar-refractivity contribution in [2.75, 3.05) is 24.7 Å². The largest absolute Gasteiger partial charge is 0.397 e. The van der Waals surface area contributed by atoms with Gasteiger partial charge >= 0.3 is 7.60 Å². The van der Waals surface area contributed by atoms with Gasteiger partial charge in [-0.15, -0.1) is 0 Å². The molecular weight excluding hydrogens is 329 g/mol. The Balaban J connectivity index is 4.01. The van der Waals surface area contributed by atoms with Crippen LogP contribution in [-0.4, -0.2) is 13.2 Å². The first-order valence-electron chi connectivity index (χ1n) is 6.51. The number of hydrogen-bond acceptors (Lipinski definition) is 7. The zero-order valence-corrected chi connectivity index (χ0v) is 13.4. The second kappa shape index (κ2) is 7.38. The molecule has 0 aliphatic rings. The lowest BCUT2D eigenvalue weighted by Gasteiger charge is -2.23. The Hall–Kier alpha value is -2.19. The quantitative estimate of drug-likeness (QED) is 0.597. The molecule has 1 aromatic carbocycles. The molecule has 0 saturated carbocycles. The van der Waals surface area contributed by atoms with Crippen LogP contribution in [0.4, 0.5) is 20.2 Å². The van der Waals surface area contributed by atoms with Gasteiger partial charge in [0.1, 0.15) is 17.7 Å². The van der Waals surface area contributed by atoms with E-state index >= 15 is 0 Å². The number of nitrogen functional groups attached to an aromatic ring is 2. The van der Waals surface area contributed by atoms with Crippen molar-refractivity contribution in [3.05, 3.63) is 16.7 Å². The summed E-state index contributed by atoms with van der Waals surface area (Å²) in [5, 5.41) is 17.6. The van der Waals surface area contributed by atoms with Crippen molar-refractivity contribution in [2.24, 2.45) is 0 Å². The highest BCUT2D eigenvalue weighted by Gasteiger charge is 2.39. The summed E-state index contributed by atoms with van der Waals surface area (Å²) >= 11 is 0. The lowest BCUT2D eigenvalue weighted by Crippen LogP contribution is -2.24. The SMILES string of the molecule is CCOP(=O)(OCC)c1c(N)c(C#N)c(N)c(C#N)c1C(F)F. The fraction of sp³-hybridized carbons (Fsp3) is 0.385. The third kappa shape index (κ3) is 3.27. The van der Waals surface area contributed by atoms with Gasteiger partial charge in [-0.3, -0.25) is 4.57 Å². The van der Waals surface area contributed by atoms with E-state index in [4.69, 9.17) is 31.0 Å². The minimum absolute atomic E-state index is 0.118. The van der Waals surface area contributed by atoms with Gasteiger partial charge < -0.3 is 20.5 Å². The Labute approximate surface area is 131 Å². The molecule has 0 spiro atoms. The van der Waals surface area contributed by atoms with Crippen molar-refractivity contribution < 1.29 is 22.4 Å². The molecule has 0 fully saturated rings. The Morgan fingerprint density at radius 2 is 1.57 bits per heavy atom. The summed E-state index contributed by atoms with van der Waals surface area (Å²) in [6, 6.07) is 3.12. The van der Waals surface area contributed by atoms with Crippen LogP contribution in [0.2, 0.25) is 0 Å². The van der Waals surface area contributed by atoms with E-state index in [1.54, 1.807) is 6.07 Å². The Bertz CT molecular complexity index is 730. The molecular formula is C13H15F2N4O3P. The molecule has 1 rings (SSSR count). The molecule has 0 bridgehead atoms. The molecule has 0 unspecified atom stereocenters. The highest BCUT2D eigenvalue weighted by molar-refractivity contribution is 7.62. The number of nitriles is 2. The zero-order chi connectivity index (χ0) is 17.8. The predicted octanol–water partition coefficient (Wildman–Crippen LogP) is 2.42. The highest BCUT2D eigenvalue weighted by atomic mass is 31.2. The Morgan fingerprint density at radius 3 is 1.91 bits per heavy atom. The van der Waals surface area contributed by atoms with Gasteiger partial charge in [0.05, 0.1) is 41.0 Å². The third-order valence-corrected chi connectivity index (χ3v) is 5.13. The second-order valence-corrected chi connectivity index (χ2v) is 6.16. The van der Waals surface area contributed by atoms with Crippen LogP contribution in [0.5, 0.6) is 0 Å². The van der Waals surface area contributed by atoms with Crippen LogP contribution < -0.4 is 16.8 Å². The van der Waals surface area contributed by atoms with Gasteiger partial charge in [-0.2, -0.15) is 10.5 Å². The van der Waals surface area contributed by atoms with E-state index in [9.17, 15) is 13.3 Å². The van der Waals surface area contributed by atoms with Crippen LogP contribution in [0, 0.1) is 22.7 Å². The molecule has 1 aromatic rings. The molecule has 0 radical (unpaired) electrons. The maximum atomic E-state index is 13.5. The van der Waals surface area contributed by atoms with Crippen molar-refractivity contribution in [3.63, 3.8) is 0 Å². The number of rotatable bonds is 6. The average Bonchev–Trinajstić information content (AvgIpc) is 2.47. The van der Waals surface area contributed by atoms with E-state index < -0.39 is 47.4 Å². The van der Waals surface area contributed by atoms with Crippen molar-refractivity contribution in [2.45, 2.75) is 20.3 Å². The topological polar surface area (TPSA) is 135 Å². The van der Waals surface area contributed by atoms with Crippen molar-refractivity contribution in [1.82, 2.24) is 0 Å². The van der Waals surface area contributed by atoms with Gasteiger partial charge in [0.25, 0.3) is 6.43 Å². The van der Waals surface area contributed by atoms with Gasteiger partial charge in [-0.05, 0) is 13.8 Å². The van der Waals surface area contributed by atoms with E-state index in [-0.39, 0.29) is 13.2 Å². The summed E-state index contributed by atoms with van der Waals surface area (Å²) in [7, 11) is -4.26. The van der Waals surface area contributed by atoms with Crippen LogP contribution in [0.25, 0.3) is 0 Å². The number of halogens is 2. The molecule has 0 heterocycles. The van der Waals surface area contributed by atoms with Crippen LogP contribution >= 0.6 is 7.60 Å². The van der Waals surface area contributed by atoms with Gasteiger partial charge in [0.15, 0.2) is 0 Å². The zero-order valence-electron chi connectivity index (χ0n) is 12.5. The molecule has 124 valence electrons. The summed E-state index contributed by atoms with van der Waals surface area (Å²) < 4.78 is 50.0. The summed E-state index contributed by atoms with van der Waals surface area (Å²) in [6.45, 7) is 2.73. The predicted molar refractivity (Wildman–Crippen MR) is 80.1 cm³/mol. The molecule has 0 atom stereocenters. The second-order valence-electron chi connectivity index (χ2n) is 4.20. The maximum absolute atomic E-state index is 13.5. The fourth-order valence-corrected chi connectivity index (χ4v) is 3.98. The van der Waals surface area contributed by atoms with Crippen molar-refractivity contribution >= 4 is 24.3 Å². The molecule has 0 saturated heterocycles. The monoisotopic (exact) mass is 344 g/mol. The van der Waals surface area contributed by atoms with Crippen LogP contribution in [0.1, 0.15) is 37.0 Å². The first-order chi connectivity index (χ1) is 10.8. The van der Waals surface area contributed by atoms with E-state index in [1.165, 1.54) is 19.9 Å². The number of nitrogens with two attached hydrogens (primary N) is 2. The summed E-state index contributed by atoms with van der Waals surface area (Å²) in [6.07, 6.45) is -3.22. The molecule has 0 aromatic heterocycles. The standard InChI is InChI=1S/C13H15F2N4O3P/c1-3-21-23(20,22-4-2)12-9(13(14)15)7(5-16)10(18)8(6-17)11(12)19/h13H,3-4,18-19H2,1-2H3. The maximum Gasteiger partial charge on any atom is 0.363 e. The summed E-state index contributed by atoms with van der Waals surface area (Å²) in [4.78, 5) is 0. The minimum atomic E-state index is -4.26. The molecule has 10 heteroatoms. The third-order valence-electron chi connectivity index (χ3n) is 2.90. The number of alkyl halides is 2. The number of hydrogen-bond donors (Lipinski definition) is 2. The van der Waals surface area contributed by atoms with Gasteiger partial charge in [-0.1, -0.05) is 0 Å². The molecule has 23 heavy (non-hydrogen) atoms. The first kappa shape index (κ1) is 18.9. The lowest BCUT2D eigenvalue weighted by atomic mass is 10.0. The van der Waals surface area contributed by atoms with Crippen LogP contribution in [0.3, 0.4) is 0 Å². The Morgan fingerprint density at radius 1 is 1.09 bits per heavy atom. The molecule has 7 nitrogen and oxygen atoms in total.